The van der Waals surface area contributed by atoms with Crippen molar-refractivity contribution >= 4 is 29.3 Å². The molecule has 0 atom stereocenters. The molecule has 0 saturated carbocycles. The number of amides is 2. The highest BCUT2D eigenvalue weighted by molar-refractivity contribution is 7.99. The van der Waals surface area contributed by atoms with E-state index in [4.69, 9.17) is 4.52 Å². The number of nitrogens with one attached hydrogen (secondary N) is 1. The van der Waals surface area contributed by atoms with Gasteiger partial charge in [-0.05, 0) is 24.6 Å². The number of nitrogens with zero attached hydrogens (tertiary/aromatic N) is 2. The van der Waals surface area contributed by atoms with E-state index in [1.807, 2.05) is 35.7 Å². The Bertz CT molecular complexity index is 725. The Labute approximate surface area is 144 Å². The molecule has 0 unspecified atom stereocenters. The standard InChI is InChI=1S/C17H19N3O3S/c1-12-14(17(22)20-5-7-24-8-6-20)3-2-4-15(12)19-16(21)9-13-10-18-23-11-13/h2-4,10-11H,5-9H2,1H3,(H,19,21). The maximum atomic E-state index is 12.7. The molecule has 0 aliphatic carbocycles. The Morgan fingerprint density at radius 1 is 1.33 bits per heavy atom. The molecular formula is C17H19N3O3S. The molecule has 2 heterocycles. The van der Waals surface area contributed by atoms with Crippen LogP contribution in [0.25, 0.3) is 0 Å². The minimum Gasteiger partial charge on any atom is -0.364 e. The third kappa shape index (κ3) is 3.79. The van der Waals surface area contributed by atoms with E-state index in [2.05, 4.69) is 10.5 Å². The largest absolute Gasteiger partial charge is 0.364 e. The lowest BCUT2D eigenvalue weighted by Crippen LogP contribution is -2.38. The van der Waals surface area contributed by atoms with Crippen LogP contribution in [0.5, 0.6) is 0 Å². The van der Waals surface area contributed by atoms with Gasteiger partial charge in [-0.25, -0.2) is 0 Å². The lowest BCUT2D eigenvalue weighted by molar-refractivity contribution is -0.115. The Morgan fingerprint density at radius 2 is 2.12 bits per heavy atom. The number of aromatic nitrogens is 1. The van der Waals surface area contributed by atoms with E-state index in [1.165, 1.54) is 12.5 Å². The number of anilines is 1. The summed E-state index contributed by atoms with van der Waals surface area (Å²) in [7, 11) is 0. The van der Waals surface area contributed by atoms with E-state index in [-0.39, 0.29) is 18.2 Å². The quantitative estimate of drug-likeness (QED) is 0.921. The van der Waals surface area contributed by atoms with Crippen LogP contribution in [0, 0.1) is 6.92 Å². The molecule has 1 aliphatic rings. The highest BCUT2D eigenvalue weighted by Crippen LogP contribution is 2.22. The van der Waals surface area contributed by atoms with Crippen LogP contribution in [0.2, 0.25) is 0 Å². The van der Waals surface area contributed by atoms with Crippen LogP contribution in [0.1, 0.15) is 21.5 Å². The number of rotatable bonds is 4. The van der Waals surface area contributed by atoms with Crippen molar-refractivity contribution in [3.8, 4) is 0 Å². The predicted molar refractivity (Wildman–Crippen MR) is 93.2 cm³/mol. The summed E-state index contributed by atoms with van der Waals surface area (Å²) in [6.45, 7) is 3.40. The van der Waals surface area contributed by atoms with Gasteiger partial charge in [-0.3, -0.25) is 9.59 Å². The van der Waals surface area contributed by atoms with Crippen molar-refractivity contribution < 1.29 is 14.1 Å². The molecule has 2 aromatic rings. The second-order valence-electron chi connectivity index (χ2n) is 5.64. The summed E-state index contributed by atoms with van der Waals surface area (Å²) >= 11 is 1.86. The van der Waals surface area contributed by atoms with E-state index in [0.717, 1.165) is 30.2 Å². The van der Waals surface area contributed by atoms with Crippen molar-refractivity contribution in [3.05, 3.63) is 47.3 Å². The summed E-state index contributed by atoms with van der Waals surface area (Å²) in [4.78, 5) is 26.7. The number of benzene rings is 1. The molecule has 1 aromatic carbocycles. The Kier molecular flexibility index (Phi) is 5.20. The lowest BCUT2D eigenvalue weighted by Gasteiger charge is -2.27. The van der Waals surface area contributed by atoms with Gasteiger partial charge in [0.05, 0.1) is 12.6 Å². The van der Waals surface area contributed by atoms with Crippen LogP contribution >= 0.6 is 11.8 Å². The fraction of sp³-hybridized carbons (Fsp3) is 0.353. The molecule has 0 bridgehead atoms. The molecule has 1 fully saturated rings. The van der Waals surface area contributed by atoms with Crippen LogP contribution in [0.4, 0.5) is 5.69 Å². The third-order valence-electron chi connectivity index (χ3n) is 3.98. The maximum Gasteiger partial charge on any atom is 0.254 e. The summed E-state index contributed by atoms with van der Waals surface area (Å²) in [5, 5.41) is 6.45. The zero-order valence-electron chi connectivity index (χ0n) is 13.4. The van der Waals surface area contributed by atoms with Gasteiger partial charge in [0.15, 0.2) is 0 Å². The molecule has 1 aliphatic heterocycles. The normalized spacial score (nSPS) is 14.5. The maximum absolute atomic E-state index is 12.7. The van der Waals surface area contributed by atoms with Gasteiger partial charge in [0.25, 0.3) is 5.91 Å². The summed E-state index contributed by atoms with van der Waals surface area (Å²) in [6.07, 6.45) is 3.14. The molecule has 126 valence electrons. The third-order valence-corrected chi connectivity index (χ3v) is 4.93. The van der Waals surface area contributed by atoms with Gasteiger partial charge in [0.1, 0.15) is 6.26 Å². The van der Waals surface area contributed by atoms with Crippen LogP contribution in [-0.4, -0.2) is 46.5 Å². The zero-order chi connectivity index (χ0) is 16.9. The topological polar surface area (TPSA) is 75.4 Å². The number of carbonyl (C=O) groups excluding carboxylic acids is 2. The Balaban J connectivity index is 1.72. The monoisotopic (exact) mass is 345 g/mol. The minimum atomic E-state index is -0.166. The highest BCUT2D eigenvalue weighted by Gasteiger charge is 2.21. The first-order valence-corrected chi connectivity index (χ1v) is 8.95. The average molecular weight is 345 g/mol. The smallest absolute Gasteiger partial charge is 0.254 e. The Morgan fingerprint density at radius 3 is 2.83 bits per heavy atom. The second-order valence-corrected chi connectivity index (χ2v) is 6.87. The van der Waals surface area contributed by atoms with Crippen molar-refractivity contribution in [1.82, 2.24) is 10.1 Å². The second kappa shape index (κ2) is 7.53. The number of hydrogen-bond donors (Lipinski definition) is 1. The molecule has 6 nitrogen and oxygen atoms in total. The predicted octanol–water partition coefficient (Wildman–Crippen LogP) is 2.35. The van der Waals surface area contributed by atoms with E-state index < -0.39 is 0 Å². The molecule has 1 aromatic heterocycles. The highest BCUT2D eigenvalue weighted by atomic mass is 32.2. The van der Waals surface area contributed by atoms with Crippen molar-refractivity contribution in [3.63, 3.8) is 0 Å². The molecule has 3 rings (SSSR count). The molecule has 7 heteroatoms. The van der Waals surface area contributed by atoms with Crippen molar-refractivity contribution in [2.75, 3.05) is 29.9 Å². The van der Waals surface area contributed by atoms with Gasteiger partial charge < -0.3 is 14.7 Å². The van der Waals surface area contributed by atoms with E-state index in [9.17, 15) is 9.59 Å². The molecule has 1 N–H and O–H groups in total. The van der Waals surface area contributed by atoms with Crippen molar-refractivity contribution in [2.24, 2.45) is 0 Å². The summed E-state index contributed by atoms with van der Waals surface area (Å²) in [5.41, 5.74) is 2.81. The van der Waals surface area contributed by atoms with Gasteiger partial charge in [-0.2, -0.15) is 11.8 Å². The van der Waals surface area contributed by atoms with Gasteiger partial charge in [0, 0.05) is 41.4 Å². The fourth-order valence-corrected chi connectivity index (χ4v) is 3.54. The zero-order valence-corrected chi connectivity index (χ0v) is 14.3. The van der Waals surface area contributed by atoms with E-state index in [0.29, 0.717) is 16.8 Å². The average Bonchev–Trinajstić information content (AvgIpc) is 3.10. The summed E-state index contributed by atoms with van der Waals surface area (Å²) in [5.74, 6) is 1.81. The van der Waals surface area contributed by atoms with E-state index in [1.54, 1.807) is 6.07 Å². The number of thioether (sulfide) groups is 1. The molecule has 1 saturated heterocycles. The minimum absolute atomic E-state index is 0.0305. The molecule has 0 spiro atoms. The van der Waals surface area contributed by atoms with Crippen LogP contribution in [0.15, 0.2) is 35.2 Å². The first-order valence-electron chi connectivity index (χ1n) is 7.80. The van der Waals surface area contributed by atoms with Crippen molar-refractivity contribution in [2.45, 2.75) is 13.3 Å². The van der Waals surface area contributed by atoms with Crippen LogP contribution in [-0.2, 0) is 11.2 Å². The van der Waals surface area contributed by atoms with Crippen molar-refractivity contribution in [1.29, 1.82) is 0 Å². The summed E-state index contributed by atoms with van der Waals surface area (Å²) < 4.78 is 4.73. The number of hydrogen-bond acceptors (Lipinski definition) is 5. The first-order chi connectivity index (χ1) is 11.6. The summed E-state index contributed by atoms with van der Waals surface area (Å²) in [6, 6.07) is 5.42. The van der Waals surface area contributed by atoms with Crippen LogP contribution < -0.4 is 5.32 Å². The lowest BCUT2D eigenvalue weighted by atomic mass is 10.0. The number of carbonyl (C=O) groups is 2. The Hall–Kier alpha value is -2.28. The van der Waals surface area contributed by atoms with Gasteiger partial charge in [-0.1, -0.05) is 11.2 Å². The van der Waals surface area contributed by atoms with E-state index >= 15 is 0 Å². The van der Waals surface area contributed by atoms with Crippen LogP contribution in [0.3, 0.4) is 0 Å². The van der Waals surface area contributed by atoms with Gasteiger partial charge in [0.2, 0.25) is 5.91 Å². The first kappa shape index (κ1) is 16.6. The molecule has 24 heavy (non-hydrogen) atoms. The molecule has 2 amide bonds. The SMILES string of the molecule is Cc1c(NC(=O)Cc2cnoc2)cccc1C(=O)N1CCSCC1. The van der Waals surface area contributed by atoms with Gasteiger partial charge >= 0.3 is 0 Å². The molecule has 0 radical (unpaired) electrons. The molecular weight excluding hydrogens is 326 g/mol. The fourth-order valence-electron chi connectivity index (χ4n) is 2.63. The van der Waals surface area contributed by atoms with Gasteiger partial charge in [-0.15, -0.1) is 0 Å².